The van der Waals surface area contributed by atoms with Gasteiger partial charge in [-0.25, -0.2) is 4.98 Å². The number of ether oxygens (including phenoxy) is 1. The molecule has 3 heterocycles. The minimum absolute atomic E-state index is 0.0475. The maximum Gasteiger partial charge on any atom is 0.280 e. The lowest BCUT2D eigenvalue weighted by Gasteiger charge is -2.17. The van der Waals surface area contributed by atoms with Crippen molar-refractivity contribution in [2.24, 2.45) is 0 Å². The quantitative estimate of drug-likeness (QED) is 0.279. The Morgan fingerprint density at radius 2 is 2.10 bits per heavy atom. The van der Waals surface area contributed by atoms with E-state index < -0.39 is 36.7 Å². The van der Waals surface area contributed by atoms with Crippen LogP contribution in [0.3, 0.4) is 0 Å². The molecule has 0 spiro atoms. The molecule has 1 aliphatic heterocycles. The molecule has 2 aromatic heterocycles. The molecule has 3 rings (SSSR count). The summed E-state index contributed by atoms with van der Waals surface area (Å²) in [4.78, 5) is 22.2. The van der Waals surface area contributed by atoms with Crippen molar-refractivity contribution in [2.75, 3.05) is 12.3 Å². The molecule has 1 aliphatic rings. The van der Waals surface area contributed by atoms with Gasteiger partial charge in [0.15, 0.2) is 21.2 Å². The fraction of sp³-hybridized carbons (Fsp3) is 0.500. The number of nitrogens with zero attached hydrogens (tertiary/aromatic N) is 3. The van der Waals surface area contributed by atoms with Crippen molar-refractivity contribution in [1.82, 2.24) is 19.5 Å². The van der Waals surface area contributed by atoms with Crippen molar-refractivity contribution in [3.05, 3.63) is 14.2 Å². The summed E-state index contributed by atoms with van der Waals surface area (Å²) < 4.78 is 7.12. The lowest BCUT2D eigenvalue weighted by Crippen LogP contribution is -2.33. The van der Waals surface area contributed by atoms with E-state index in [1.807, 2.05) is 22.6 Å². The minimum Gasteiger partial charge on any atom is -0.394 e. The van der Waals surface area contributed by atoms with Gasteiger partial charge in [0, 0.05) is 22.6 Å². The third-order valence-electron chi connectivity index (χ3n) is 3.30. The first-order valence-electron chi connectivity index (χ1n) is 5.99. The van der Waals surface area contributed by atoms with Gasteiger partial charge < -0.3 is 25.8 Å². The van der Waals surface area contributed by atoms with E-state index in [1.165, 1.54) is 4.57 Å². The second-order valence-electron chi connectivity index (χ2n) is 4.60. The number of hydrogen-bond donors (Lipinski definition) is 5. The molecule has 0 aliphatic carbocycles. The van der Waals surface area contributed by atoms with Crippen LogP contribution in [0.5, 0.6) is 0 Å². The van der Waals surface area contributed by atoms with Gasteiger partial charge in [-0.05, 0) is 0 Å². The lowest BCUT2D eigenvalue weighted by molar-refractivity contribution is -0.0522. The molecule has 4 atom stereocenters. The van der Waals surface area contributed by atoms with Gasteiger partial charge >= 0.3 is 0 Å². The van der Waals surface area contributed by atoms with Gasteiger partial charge in [-0.15, -0.1) is 0 Å². The van der Waals surface area contributed by atoms with Crippen molar-refractivity contribution in [3.8, 4) is 0 Å². The van der Waals surface area contributed by atoms with Crippen LogP contribution in [0.2, 0.25) is 0 Å². The average Bonchev–Trinajstić information content (AvgIpc) is 2.89. The molecule has 0 aromatic carbocycles. The molecule has 0 saturated carbocycles. The van der Waals surface area contributed by atoms with Crippen molar-refractivity contribution in [3.63, 3.8) is 0 Å². The number of rotatable bonds is 2. The highest BCUT2D eigenvalue weighted by atomic mass is 127. The Labute approximate surface area is 130 Å². The van der Waals surface area contributed by atoms with Gasteiger partial charge in [0.25, 0.3) is 5.56 Å². The maximum atomic E-state index is 11.8. The number of fused-ring (bicyclic) bond motifs is 1. The van der Waals surface area contributed by atoms with E-state index in [2.05, 4.69) is 15.0 Å². The number of aromatic amines is 1. The van der Waals surface area contributed by atoms with Gasteiger partial charge in [-0.2, -0.15) is 4.98 Å². The third-order valence-corrected chi connectivity index (χ3v) is 4.06. The Kier molecular flexibility index (Phi) is 3.61. The number of halogens is 1. The molecule has 1 saturated heterocycles. The number of nitrogens with one attached hydrogen (secondary N) is 1. The number of anilines is 1. The largest absolute Gasteiger partial charge is 0.394 e. The van der Waals surface area contributed by atoms with E-state index in [0.717, 1.165) is 0 Å². The van der Waals surface area contributed by atoms with Crippen LogP contribution < -0.4 is 11.3 Å². The fourth-order valence-electron chi connectivity index (χ4n) is 2.29. The van der Waals surface area contributed by atoms with Gasteiger partial charge in [-0.3, -0.25) is 14.3 Å². The monoisotopic (exact) mass is 409 g/mol. The summed E-state index contributed by atoms with van der Waals surface area (Å²) in [5.41, 5.74) is 5.18. The highest BCUT2D eigenvalue weighted by Crippen LogP contribution is 2.32. The molecular formula is C10H12IN5O5. The van der Waals surface area contributed by atoms with E-state index in [9.17, 15) is 15.0 Å². The Hall–Kier alpha value is -1.28. The number of imidazole rings is 1. The SMILES string of the molecule is Nc1nc2c(nc(I)n2[C@@H]2O[C@H](CO)C(O)C2O)c(=O)[nH]1. The zero-order valence-electron chi connectivity index (χ0n) is 10.5. The number of aliphatic hydroxyl groups is 3. The van der Waals surface area contributed by atoms with Crippen LogP contribution in [0.4, 0.5) is 5.95 Å². The zero-order chi connectivity index (χ0) is 15.3. The molecule has 2 aromatic rings. The second kappa shape index (κ2) is 5.17. The normalized spacial score (nSPS) is 29.3. The Bertz CT molecular complexity index is 745. The highest BCUT2D eigenvalue weighted by molar-refractivity contribution is 14.1. The summed E-state index contributed by atoms with van der Waals surface area (Å²) in [5, 5.41) is 29.0. The first-order chi connectivity index (χ1) is 9.93. The van der Waals surface area contributed by atoms with Crippen LogP contribution in [0, 0.1) is 3.83 Å². The molecule has 0 radical (unpaired) electrons. The van der Waals surface area contributed by atoms with Crippen LogP contribution in [0.1, 0.15) is 6.23 Å². The summed E-state index contributed by atoms with van der Waals surface area (Å²) >= 11 is 1.85. The lowest BCUT2D eigenvalue weighted by atomic mass is 10.1. The van der Waals surface area contributed by atoms with E-state index in [-0.39, 0.29) is 17.1 Å². The Morgan fingerprint density at radius 1 is 1.38 bits per heavy atom. The summed E-state index contributed by atoms with van der Waals surface area (Å²) in [5.74, 6) is -0.100. The average molecular weight is 409 g/mol. The minimum atomic E-state index is -1.30. The van der Waals surface area contributed by atoms with Crippen LogP contribution in [-0.2, 0) is 4.74 Å². The third kappa shape index (κ3) is 2.20. The molecule has 0 amide bonds. The molecule has 0 bridgehead atoms. The number of nitrogens with two attached hydrogens (primary N) is 1. The maximum absolute atomic E-state index is 11.8. The first-order valence-corrected chi connectivity index (χ1v) is 7.07. The van der Waals surface area contributed by atoms with Gasteiger partial charge in [-0.1, -0.05) is 0 Å². The Balaban J connectivity index is 2.17. The van der Waals surface area contributed by atoms with Crippen molar-refractivity contribution < 1.29 is 20.1 Å². The number of aromatic nitrogens is 4. The second-order valence-corrected chi connectivity index (χ2v) is 5.57. The zero-order valence-corrected chi connectivity index (χ0v) is 12.6. The predicted molar refractivity (Wildman–Crippen MR) is 78.3 cm³/mol. The molecule has 2 unspecified atom stereocenters. The molecule has 1 fully saturated rings. The standard InChI is InChI=1S/C10H12IN5O5/c11-9-13-3-6(14-10(12)15-7(3)20)16(9)8-5(19)4(18)2(1-17)21-8/h2,4-5,8,17-19H,1H2,(H3,12,14,15,20)/t2-,4?,5?,8-/m1/s1. The number of nitrogen functional groups attached to an aromatic ring is 1. The van der Waals surface area contributed by atoms with E-state index in [4.69, 9.17) is 15.6 Å². The highest BCUT2D eigenvalue weighted by Gasteiger charge is 2.44. The molecule has 6 N–H and O–H groups in total. The number of hydrogen-bond acceptors (Lipinski definition) is 8. The van der Waals surface area contributed by atoms with Crippen molar-refractivity contribution in [2.45, 2.75) is 24.5 Å². The van der Waals surface area contributed by atoms with Crippen LogP contribution in [0.25, 0.3) is 11.2 Å². The molecule has 10 nitrogen and oxygen atoms in total. The summed E-state index contributed by atoms with van der Waals surface area (Å²) in [6, 6.07) is 0. The van der Waals surface area contributed by atoms with E-state index in [0.29, 0.717) is 3.83 Å². The van der Waals surface area contributed by atoms with E-state index >= 15 is 0 Å². The van der Waals surface area contributed by atoms with Crippen molar-refractivity contribution in [1.29, 1.82) is 0 Å². The van der Waals surface area contributed by atoms with Crippen LogP contribution in [-0.4, -0.2) is 59.8 Å². The van der Waals surface area contributed by atoms with Gasteiger partial charge in [0.05, 0.1) is 6.61 Å². The smallest absolute Gasteiger partial charge is 0.280 e. The number of H-pyrrole nitrogens is 1. The predicted octanol–water partition coefficient (Wildman–Crippen LogP) is -2.08. The summed E-state index contributed by atoms with van der Waals surface area (Å²) in [6.45, 7) is -0.450. The van der Waals surface area contributed by atoms with Gasteiger partial charge in [0.1, 0.15) is 18.3 Å². The molecule has 114 valence electrons. The fourth-order valence-corrected chi connectivity index (χ4v) is 3.04. The topological polar surface area (TPSA) is 160 Å². The molecule has 11 heteroatoms. The molecular weight excluding hydrogens is 397 g/mol. The molecule has 21 heavy (non-hydrogen) atoms. The van der Waals surface area contributed by atoms with E-state index in [1.54, 1.807) is 0 Å². The summed E-state index contributed by atoms with van der Waals surface area (Å²) in [7, 11) is 0. The van der Waals surface area contributed by atoms with Gasteiger partial charge in [0.2, 0.25) is 5.95 Å². The van der Waals surface area contributed by atoms with Crippen LogP contribution >= 0.6 is 22.6 Å². The number of aliphatic hydroxyl groups excluding tert-OH is 3. The first kappa shape index (κ1) is 14.6. The van der Waals surface area contributed by atoms with Crippen LogP contribution in [0.15, 0.2) is 4.79 Å². The summed E-state index contributed by atoms with van der Waals surface area (Å²) in [6.07, 6.45) is -4.51. The van der Waals surface area contributed by atoms with Crippen molar-refractivity contribution >= 4 is 39.7 Å². The Morgan fingerprint density at radius 3 is 2.71 bits per heavy atom.